The van der Waals surface area contributed by atoms with E-state index in [1.165, 1.54) is 43.6 Å². The molecule has 4 N–H and O–H groups in total. The Balaban J connectivity index is 0.000000496. The second-order valence-corrected chi connectivity index (χ2v) is 18.5. The van der Waals surface area contributed by atoms with Crippen LogP contribution in [0.1, 0.15) is 150 Å². The average molecular weight is 946 g/mol. The third-order valence-corrected chi connectivity index (χ3v) is 13.0. The number of ketones is 1. The van der Waals surface area contributed by atoms with E-state index >= 15 is 0 Å². The number of piperidine rings is 2. The monoisotopic (exact) mass is 946 g/mol. The molecule has 2 fully saturated rings. The lowest BCUT2D eigenvalue weighted by atomic mass is 9.88. The minimum absolute atomic E-state index is 0.137. The Kier molecular flexibility index (Phi) is 27.0. The Hall–Kier alpha value is -5.04. The van der Waals surface area contributed by atoms with Gasteiger partial charge in [0.2, 0.25) is 0 Å². The van der Waals surface area contributed by atoms with Gasteiger partial charge in [-0.15, -0.1) is 0 Å². The van der Waals surface area contributed by atoms with Gasteiger partial charge in [-0.25, -0.2) is 5.90 Å². The van der Waals surface area contributed by atoms with Crippen LogP contribution in [0.5, 0.6) is 0 Å². The van der Waals surface area contributed by atoms with Gasteiger partial charge in [0.15, 0.2) is 12.1 Å². The fourth-order valence-corrected chi connectivity index (χ4v) is 9.24. The molecule has 2 aliphatic heterocycles. The molecule has 0 spiro atoms. The molecular formula is C58H87N7O4. The first-order valence-electron chi connectivity index (χ1n) is 25.7. The number of likely N-dealkylation sites (tertiary alicyclic amines) is 2. The summed E-state index contributed by atoms with van der Waals surface area (Å²) in [5.41, 5.74) is 9.54. The number of carbonyl (C=O) groups is 2. The Labute approximate surface area is 415 Å². The van der Waals surface area contributed by atoms with Gasteiger partial charge in [0.1, 0.15) is 0 Å². The number of aromatic nitrogens is 2. The van der Waals surface area contributed by atoms with E-state index < -0.39 is 6.29 Å². The molecule has 11 heteroatoms. The standard InChI is InChI=1S/C41H56N6O.C9H10O.C6H15NO2.C2H6/c1-6-20-45(21-7-2)30-33-15-24-47(25-16-33)41(48)36-10-8-34(9-11-36)35-17-22-46(23-18-35)29-31(3)26-32(4)39(14-19-42-5)37-12-13-40-38(27-37)28-43-44-40;1-7-5-3-4-6-9(7)8(2)10;1-3-4-5(2)6(8)9-7;1-2/h8-14,19,26-28,33,35H,4,6-7,15-18,20-25,29-30H2,1-3,5H3,(H,43,44);3-6H,1-2H3;5-6,8H,3-4,7H2,1-2H3;1-2H3/b31-26+,39-14+,42-19?;;;. The van der Waals surface area contributed by atoms with Crippen molar-refractivity contribution in [2.75, 3.05) is 59.4 Å². The summed E-state index contributed by atoms with van der Waals surface area (Å²) in [6, 6.07) is 22.5. The number of hydrogen-bond acceptors (Lipinski definition) is 9. The number of nitrogens with two attached hydrogens (primary N) is 1. The summed E-state index contributed by atoms with van der Waals surface area (Å²) in [5.74, 6) is 6.47. The summed E-state index contributed by atoms with van der Waals surface area (Å²) in [6.07, 6.45) is 16.0. The molecule has 2 unspecified atom stereocenters. The zero-order valence-electron chi connectivity index (χ0n) is 44.0. The summed E-state index contributed by atoms with van der Waals surface area (Å²) in [7, 11) is 1.79. The van der Waals surface area contributed by atoms with E-state index in [-0.39, 0.29) is 17.6 Å². The number of Topliss-reactive ketones (excluding diaryl/α,β-unsaturated/α-hetero) is 1. The van der Waals surface area contributed by atoms with E-state index in [1.54, 1.807) is 14.0 Å². The van der Waals surface area contributed by atoms with Crippen molar-refractivity contribution in [3.63, 3.8) is 0 Å². The number of nitrogens with one attached hydrogen (secondary N) is 1. The van der Waals surface area contributed by atoms with Gasteiger partial charge >= 0.3 is 0 Å². The van der Waals surface area contributed by atoms with E-state index in [0.717, 1.165) is 116 Å². The first-order valence-corrected chi connectivity index (χ1v) is 25.7. The van der Waals surface area contributed by atoms with Gasteiger partial charge < -0.3 is 14.9 Å². The predicted molar refractivity (Wildman–Crippen MR) is 290 cm³/mol. The molecule has 378 valence electrons. The third-order valence-electron chi connectivity index (χ3n) is 13.0. The zero-order valence-corrected chi connectivity index (χ0v) is 44.0. The average Bonchev–Trinajstić information content (AvgIpc) is 3.84. The van der Waals surface area contributed by atoms with Crippen molar-refractivity contribution in [3.05, 3.63) is 131 Å². The summed E-state index contributed by atoms with van der Waals surface area (Å²) in [6.45, 7) is 31.0. The SMILES string of the molecule is C=C(/C=C(\C)CN1CCC(c2ccc(C(=O)N3CCC(CN(CCC)CCC)CC3)cc2)CC1)/C(=C\C=NC)c1ccc2[nH]ncc2c1.CC.CC(=O)c1ccccc1C.CCCC(C)C(O)ON. The molecule has 1 amide bonds. The summed E-state index contributed by atoms with van der Waals surface area (Å²) >= 11 is 0. The highest BCUT2D eigenvalue weighted by molar-refractivity contribution is 5.96. The van der Waals surface area contributed by atoms with Crippen LogP contribution in [-0.4, -0.2) is 114 Å². The topological polar surface area (TPSA) is 140 Å². The normalized spacial score (nSPS) is 16.0. The van der Waals surface area contributed by atoms with Crippen LogP contribution in [0.4, 0.5) is 0 Å². The van der Waals surface area contributed by atoms with Crippen molar-refractivity contribution in [2.45, 2.75) is 126 Å². The van der Waals surface area contributed by atoms with Gasteiger partial charge in [0, 0.05) is 61.9 Å². The highest BCUT2D eigenvalue weighted by Crippen LogP contribution is 2.31. The van der Waals surface area contributed by atoms with Crippen LogP contribution in [0.2, 0.25) is 0 Å². The molecule has 0 radical (unpaired) electrons. The number of aliphatic imine (C=N–C) groups is 1. The molecule has 3 heterocycles. The van der Waals surface area contributed by atoms with Crippen LogP contribution in [-0.2, 0) is 4.84 Å². The number of benzene rings is 3. The fraction of sp³-hybridized carbons (Fsp3) is 0.517. The Morgan fingerprint density at radius 1 is 0.942 bits per heavy atom. The van der Waals surface area contributed by atoms with Crippen LogP contribution in [0.25, 0.3) is 16.5 Å². The number of amides is 1. The molecule has 6 rings (SSSR count). The number of nitrogens with zero attached hydrogens (tertiary/aromatic N) is 5. The predicted octanol–water partition coefficient (Wildman–Crippen LogP) is 11.9. The van der Waals surface area contributed by atoms with Crippen LogP contribution in [0, 0.1) is 18.8 Å². The van der Waals surface area contributed by atoms with E-state index in [4.69, 9.17) is 11.0 Å². The lowest BCUT2D eigenvalue weighted by Gasteiger charge is -2.35. The molecule has 0 aliphatic carbocycles. The van der Waals surface area contributed by atoms with E-state index in [9.17, 15) is 9.59 Å². The third kappa shape index (κ3) is 19.4. The van der Waals surface area contributed by atoms with Crippen molar-refractivity contribution >= 4 is 34.4 Å². The number of rotatable bonds is 19. The highest BCUT2D eigenvalue weighted by atomic mass is 16.7. The van der Waals surface area contributed by atoms with Gasteiger partial charge in [-0.05, 0) is 162 Å². The van der Waals surface area contributed by atoms with Gasteiger partial charge in [0.25, 0.3) is 5.91 Å². The second-order valence-electron chi connectivity index (χ2n) is 18.5. The first kappa shape index (κ1) is 58.3. The summed E-state index contributed by atoms with van der Waals surface area (Å²) < 4.78 is 0. The van der Waals surface area contributed by atoms with E-state index in [1.807, 2.05) is 70.4 Å². The number of hydrogen-bond donors (Lipinski definition) is 3. The largest absolute Gasteiger partial charge is 0.366 e. The van der Waals surface area contributed by atoms with E-state index in [2.05, 4.69) is 118 Å². The number of fused-ring (bicyclic) bond motifs is 1. The van der Waals surface area contributed by atoms with Crippen LogP contribution in [0.15, 0.2) is 108 Å². The maximum Gasteiger partial charge on any atom is 0.253 e. The van der Waals surface area contributed by atoms with Crippen LogP contribution < -0.4 is 5.90 Å². The molecule has 3 aromatic carbocycles. The van der Waals surface area contributed by atoms with Crippen molar-refractivity contribution < 1.29 is 19.5 Å². The lowest BCUT2D eigenvalue weighted by molar-refractivity contribution is -0.134. The number of carbonyl (C=O) groups excluding carboxylic acids is 2. The number of aliphatic hydroxyl groups excluding tert-OH is 1. The number of aryl methyl sites for hydroxylation is 1. The molecule has 4 aromatic rings. The quantitative estimate of drug-likeness (QED) is 0.0277. The maximum absolute atomic E-state index is 13.3. The van der Waals surface area contributed by atoms with E-state index in [0.29, 0.717) is 11.8 Å². The van der Waals surface area contributed by atoms with Crippen LogP contribution in [0.3, 0.4) is 0 Å². The van der Waals surface area contributed by atoms with Gasteiger partial charge in [-0.1, -0.05) is 109 Å². The first-order chi connectivity index (χ1) is 33.3. The second kappa shape index (κ2) is 32.0. The molecule has 2 saturated heterocycles. The number of allylic oxidation sites excluding steroid dienone is 4. The number of aliphatic hydroxyl groups is 1. The Morgan fingerprint density at radius 3 is 2.14 bits per heavy atom. The van der Waals surface area contributed by atoms with Gasteiger partial charge in [0.05, 0.1) is 11.7 Å². The van der Waals surface area contributed by atoms with Gasteiger partial charge in [-0.3, -0.25) is 29.4 Å². The Bertz CT molecular complexity index is 2210. The summed E-state index contributed by atoms with van der Waals surface area (Å²) in [4.78, 5) is 39.9. The molecule has 2 atom stereocenters. The maximum atomic E-state index is 13.3. The Morgan fingerprint density at radius 2 is 1.58 bits per heavy atom. The smallest absolute Gasteiger partial charge is 0.253 e. The van der Waals surface area contributed by atoms with Crippen molar-refractivity contribution in [2.24, 2.45) is 22.7 Å². The molecule has 1 aromatic heterocycles. The lowest BCUT2D eigenvalue weighted by Crippen LogP contribution is -2.42. The summed E-state index contributed by atoms with van der Waals surface area (Å²) in [5, 5.41) is 17.2. The van der Waals surface area contributed by atoms with Crippen molar-refractivity contribution in [3.8, 4) is 0 Å². The zero-order chi connectivity index (χ0) is 50.7. The van der Waals surface area contributed by atoms with Crippen molar-refractivity contribution in [1.82, 2.24) is 24.9 Å². The molecule has 11 nitrogen and oxygen atoms in total. The van der Waals surface area contributed by atoms with Crippen molar-refractivity contribution in [1.29, 1.82) is 0 Å². The number of H-pyrrole nitrogens is 1. The van der Waals surface area contributed by atoms with Gasteiger partial charge in [-0.2, -0.15) is 5.10 Å². The molecule has 0 bridgehead atoms. The van der Waals surface area contributed by atoms with Crippen LogP contribution >= 0.6 is 0 Å². The minimum Gasteiger partial charge on any atom is -0.366 e. The molecule has 2 aliphatic rings. The number of aromatic amines is 1. The fourth-order valence-electron chi connectivity index (χ4n) is 9.24. The molecule has 69 heavy (non-hydrogen) atoms. The molecular weight excluding hydrogens is 859 g/mol. The molecule has 0 saturated carbocycles. The minimum atomic E-state index is -0.801. The highest BCUT2D eigenvalue weighted by Gasteiger charge is 2.26.